The predicted octanol–water partition coefficient (Wildman–Crippen LogP) is 1.25. The standard InChI is InChI=1S/C7H11N3/c1-7(3-2-4-7)6-5-8-10-9-6/h5H,2-4H2,1H3,(H,8,9,10). The number of hydrogen-bond donors (Lipinski definition) is 1. The second-order valence-electron chi connectivity index (χ2n) is 3.27. The van der Waals surface area contributed by atoms with E-state index in [0.29, 0.717) is 5.41 Å². The highest BCUT2D eigenvalue weighted by atomic mass is 15.3. The summed E-state index contributed by atoms with van der Waals surface area (Å²) in [5.41, 5.74) is 1.46. The van der Waals surface area contributed by atoms with Gasteiger partial charge < -0.3 is 0 Å². The van der Waals surface area contributed by atoms with Gasteiger partial charge in [-0.05, 0) is 12.8 Å². The zero-order valence-electron chi connectivity index (χ0n) is 6.09. The Morgan fingerprint density at radius 2 is 2.40 bits per heavy atom. The lowest BCUT2D eigenvalue weighted by Gasteiger charge is -2.36. The van der Waals surface area contributed by atoms with Crippen molar-refractivity contribution in [2.75, 3.05) is 0 Å². The molecule has 1 aromatic rings. The minimum atomic E-state index is 0.340. The van der Waals surface area contributed by atoms with E-state index in [-0.39, 0.29) is 0 Å². The Labute approximate surface area is 59.8 Å². The van der Waals surface area contributed by atoms with Crippen molar-refractivity contribution in [2.24, 2.45) is 0 Å². The summed E-state index contributed by atoms with van der Waals surface area (Å²) in [6.45, 7) is 2.24. The molecule has 0 amide bonds. The number of nitrogens with zero attached hydrogens (tertiary/aromatic N) is 2. The molecule has 0 spiro atoms. The summed E-state index contributed by atoms with van der Waals surface area (Å²) in [6.07, 6.45) is 5.77. The van der Waals surface area contributed by atoms with E-state index in [1.54, 1.807) is 0 Å². The normalized spacial score (nSPS) is 22.1. The van der Waals surface area contributed by atoms with Gasteiger partial charge in [-0.25, -0.2) is 0 Å². The van der Waals surface area contributed by atoms with E-state index in [1.807, 2.05) is 6.20 Å². The molecule has 0 atom stereocenters. The van der Waals surface area contributed by atoms with Crippen molar-refractivity contribution in [3.8, 4) is 0 Å². The molecule has 1 saturated carbocycles. The van der Waals surface area contributed by atoms with Crippen LogP contribution in [0, 0.1) is 0 Å². The van der Waals surface area contributed by atoms with Crippen LogP contribution in [-0.2, 0) is 5.41 Å². The van der Waals surface area contributed by atoms with Crippen LogP contribution in [-0.4, -0.2) is 15.4 Å². The molecule has 3 nitrogen and oxygen atoms in total. The third-order valence-corrected chi connectivity index (χ3v) is 2.49. The predicted molar refractivity (Wildman–Crippen MR) is 37.6 cm³/mol. The van der Waals surface area contributed by atoms with Crippen molar-refractivity contribution in [2.45, 2.75) is 31.6 Å². The molecule has 0 aliphatic heterocycles. The SMILES string of the molecule is CC1(c2c[nH]nn2)CCC1. The molecule has 0 unspecified atom stereocenters. The summed E-state index contributed by atoms with van der Waals surface area (Å²) >= 11 is 0. The van der Waals surface area contributed by atoms with Gasteiger partial charge in [0.1, 0.15) is 0 Å². The van der Waals surface area contributed by atoms with Crippen molar-refractivity contribution in [1.82, 2.24) is 15.4 Å². The fraction of sp³-hybridized carbons (Fsp3) is 0.714. The van der Waals surface area contributed by atoms with E-state index in [1.165, 1.54) is 19.3 Å². The van der Waals surface area contributed by atoms with Crippen molar-refractivity contribution in [3.63, 3.8) is 0 Å². The topological polar surface area (TPSA) is 41.6 Å². The zero-order valence-corrected chi connectivity index (χ0v) is 6.09. The molecule has 1 aromatic heterocycles. The molecule has 10 heavy (non-hydrogen) atoms. The first kappa shape index (κ1) is 5.89. The molecule has 0 saturated heterocycles. The fourth-order valence-corrected chi connectivity index (χ4v) is 1.46. The van der Waals surface area contributed by atoms with E-state index in [0.717, 1.165) is 5.69 Å². The number of aromatic amines is 1. The van der Waals surface area contributed by atoms with Gasteiger partial charge in [0.05, 0.1) is 5.69 Å². The van der Waals surface area contributed by atoms with Crippen LogP contribution in [0.25, 0.3) is 0 Å². The first-order valence-electron chi connectivity index (χ1n) is 3.68. The summed E-state index contributed by atoms with van der Waals surface area (Å²) in [7, 11) is 0. The molecule has 1 fully saturated rings. The first-order chi connectivity index (χ1) is 4.81. The Morgan fingerprint density at radius 1 is 1.60 bits per heavy atom. The average Bonchev–Trinajstić information content (AvgIpc) is 2.33. The fourth-order valence-electron chi connectivity index (χ4n) is 1.46. The van der Waals surface area contributed by atoms with Crippen LogP contribution in [0.3, 0.4) is 0 Å². The van der Waals surface area contributed by atoms with Crippen molar-refractivity contribution >= 4 is 0 Å². The van der Waals surface area contributed by atoms with E-state index >= 15 is 0 Å². The third-order valence-electron chi connectivity index (χ3n) is 2.49. The quantitative estimate of drug-likeness (QED) is 0.632. The summed E-state index contributed by atoms with van der Waals surface area (Å²) < 4.78 is 0. The molecule has 3 heteroatoms. The van der Waals surface area contributed by atoms with Crippen LogP contribution in [0.1, 0.15) is 31.9 Å². The number of nitrogens with one attached hydrogen (secondary N) is 1. The molecule has 1 aliphatic rings. The van der Waals surface area contributed by atoms with Gasteiger partial charge in [0.25, 0.3) is 0 Å². The molecule has 1 heterocycles. The lowest BCUT2D eigenvalue weighted by molar-refractivity contribution is 0.264. The van der Waals surface area contributed by atoms with E-state index in [9.17, 15) is 0 Å². The van der Waals surface area contributed by atoms with Crippen LogP contribution >= 0.6 is 0 Å². The monoisotopic (exact) mass is 137 g/mol. The maximum absolute atomic E-state index is 4.00. The molecule has 1 N–H and O–H groups in total. The van der Waals surface area contributed by atoms with Gasteiger partial charge >= 0.3 is 0 Å². The van der Waals surface area contributed by atoms with E-state index in [2.05, 4.69) is 22.3 Å². The summed E-state index contributed by atoms with van der Waals surface area (Å²) in [6, 6.07) is 0. The van der Waals surface area contributed by atoms with Gasteiger partial charge in [0, 0.05) is 11.6 Å². The Bertz CT molecular complexity index is 211. The van der Waals surface area contributed by atoms with Crippen LogP contribution in [0.4, 0.5) is 0 Å². The van der Waals surface area contributed by atoms with Crippen LogP contribution in [0.2, 0.25) is 0 Å². The van der Waals surface area contributed by atoms with Crippen molar-refractivity contribution < 1.29 is 0 Å². The molecular formula is C7H11N3. The maximum atomic E-state index is 4.00. The second-order valence-corrected chi connectivity index (χ2v) is 3.27. The molecule has 0 aromatic carbocycles. The summed E-state index contributed by atoms with van der Waals surface area (Å²) in [5.74, 6) is 0. The Morgan fingerprint density at radius 3 is 2.80 bits per heavy atom. The third kappa shape index (κ3) is 0.664. The number of aromatic nitrogens is 3. The highest BCUT2D eigenvalue weighted by molar-refractivity contribution is 5.13. The molecule has 0 bridgehead atoms. The van der Waals surface area contributed by atoms with Gasteiger partial charge in [0.15, 0.2) is 0 Å². The molecular weight excluding hydrogens is 126 g/mol. The Hall–Kier alpha value is -0.860. The van der Waals surface area contributed by atoms with Gasteiger partial charge in [-0.3, -0.25) is 5.10 Å². The first-order valence-corrected chi connectivity index (χ1v) is 3.68. The second kappa shape index (κ2) is 1.81. The minimum absolute atomic E-state index is 0.340. The molecule has 2 rings (SSSR count). The van der Waals surface area contributed by atoms with Crippen molar-refractivity contribution in [3.05, 3.63) is 11.9 Å². The highest BCUT2D eigenvalue weighted by Crippen LogP contribution is 2.41. The highest BCUT2D eigenvalue weighted by Gasteiger charge is 2.35. The average molecular weight is 137 g/mol. The van der Waals surface area contributed by atoms with Gasteiger partial charge in [-0.2, -0.15) is 0 Å². The Balaban J connectivity index is 2.27. The van der Waals surface area contributed by atoms with Gasteiger partial charge in [-0.15, -0.1) is 5.10 Å². The van der Waals surface area contributed by atoms with Crippen LogP contribution in [0.5, 0.6) is 0 Å². The van der Waals surface area contributed by atoms with Crippen LogP contribution in [0.15, 0.2) is 6.20 Å². The van der Waals surface area contributed by atoms with Gasteiger partial charge in [-0.1, -0.05) is 18.6 Å². The number of hydrogen-bond acceptors (Lipinski definition) is 2. The maximum Gasteiger partial charge on any atom is 0.0883 e. The minimum Gasteiger partial charge on any atom is -0.265 e. The molecule has 0 radical (unpaired) electrons. The van der Waals surface area contributed by atoms with E-state index in [4.69, 9.17) is 0 Å². The van der Waals surface area contributed by atoms with Gasteiger partial charge in [0.2, 0.25) is 0 Å². The largest absolute Gasteiger partial charge is 0.265 e. The summed E-state index contributed by atoms with van der Waals surface area (Å²) in [4.78, 5) is 0. The number of H-pyrrole nitrogens is 1. The lowest BCUT2D eigenvalue weighted by Crippen LogP contribution is -2.30. The smallest absolute Gasteiger partial charge is 0.0883 e. The van der Waals surface area contributed by atoms with Crippen LogP contribution < -0.4 is 0 Å². The molecule has 1 aliphatic carbocycles. The summed E-state index contributed by atoms with van der Waals surface area (Å²) in [5, 5.41) is 10.4. The zero-order chi connectivity index (χ0) is 7.03. The van der Waals surface area contributed by atoms with E-state index < -0.39 is 0 Å². The Kier molecular flexibility index (Phi) is 1.07. The lowest BCUT2D eigenvalue weighted by atomic mass is 9.68. The number of rotatable bonds is 1. The van der Waals surface area contributed by atoms with Crippen molar-refractivity contribution in [1.29, 1.82) is 0 Å². The molecule has 54 valence electrons.